The van der Waals surface area contributed by atoms with Gasteiger partial charge in [-0.2, -0.15) is 0 Å². The van der Waals surface area contributed by atoms with Crippen LogP contribution in [0.4, 0.5) is 5.82 Å². The molecule has 0 spiro atoms. The predicted octanol–water partition coefficient (Wildman–Crippen LogP) is 6.30. The molecular formula is C23H27N3O. The Morgan fingerprint density at radius 1 is 1.11 bits per heavy atom. The van der Waals surface area contributed by atoms with Crippen LogP contribution in [0.15, 0.2) is 47.1 Å². The third-order valence-corrected chi connectivity index (χ3v) is 5.08. The highest BCUT2D eigenvalue weighted by molar-refractivity contribution is 5.92. The van der Waals surface area contributed by atoms with Crippen molar-refractivity contribution < 1.29 is 4.42 Å². The van der Waals surface area contributed by atoms with Gasteiger partial charge in [-0.3, -0.25) is 0 Å². The Morgan fingerprint density at radius 2 is 1.96 bits per heavy atom. The van der Waals surface area contributed by atoms with E-state index >= 15 is 0 Å². The van der Waals surface area contributed by atoms with Crippen molar-refractivity contribution in [2.45, 2.75) is 52.0 Å². The van der Waals surface area contributed by atoms with E-state index in [0.29, 0.717) is 23.5 Å². The maximum Gasteiger partial charge on any atom is 0.198 e. The van der Waals surface area contributed by atoms with Crippen molar-refractivity contribution in [1.82, 2.24) is 9.97 Å². The number of hydrogen-bond acceptors (Lipinski definition) is 4. The van der Waals surface area contributed by atoms with Crippen molar-refractivity contribution >= 4 is 22.8 Å². The smallest absolute Gasteiger partial charge is 0.198 e. The third-order valence-electron chi connectivity index (χ3n) is 5.08. The van der Waals surface area contributed by atoms with Crippen molar-refractivity contribution in [3.63, 3.8) is 0 Å². The Bertz CT molecular complexity index is 922. The van der Waals surface area contributed by atoms with E-state index in [1.54, 1.807) is 6.26 Å². The zero-order chi connectivity index (χ0) is 18.6. The fourth-order valence-corrected chi connectivity index (χ4v) is 3.62. The molecule has 2 aromatic heterocycles. The van der Waals surface area contributed by atoms with Gasteiger partial charge in [-0.25, -0.2) is 9.97 Å². The minimum Gasteiger partial charge on any atom is -0.461 e. The van der Waals surface area contributed by atoms with Crippen molar-refractivity contribution in [2.75, 3.05) is 5.32 Å². The summed E-state index contributed by atoms with van der Waals surface area (Å²) >= 11 is 0. The van der Waals surface area contributed by atoms with Gasteiger partial charge in [0.1, 0.15) is 5.82 Å². The van der Waals surface area contributed by atoms with Crippen molar-refractivity contribution in [3.8, 4) is 11.6 Å². The number of aromatic nitrogens is 2. The summed E-state index contributed by atoms with van der Waals surface area (Å²) in [5.74, 6) is 2.78. The fourth-order valence-electron chi connectivity index (χ4n) is 3.62. The number of fused-ring (bicyclic) bond motifs is 1. The first-order valence-corrected chi connectivity index (χ1v) is 9.99. The Kier molecular flexibility index (Phi) is 5.23. The van der Waals surface area contributed by atoms with Crippen LogP contribution in [0.25, 0.3) is 28.6 Å². The van der Waals surface area contributed by atoms with Gasteiger partial charge in [-0.15, -0.1) is 0 Å². The molecule has 1 aliphatic carbocycles. The fraction of sp³-hybridized carbons (Fsp3) is 0.391. The first kappa shape index (κ1) is 17.8. The largest absolute Gasteiger partial charge is 0.461 e. The number of furan rings is 1. The van der Waals surface area contributed by atoms with Crippen LogP contribution in [-0.2, 0) is 0 Å². The highest BCUT2D eigenvalue weighted by atomic mass is 16.3. The van der Waals surface area contributed by atoms with Crippen molar-refractivity contribution in [2.24, 2.45) is 5.92 Å². The van der Waals surface area contributed by atoms with Gasteiger partial charge in [-0.05, 0) is 48.6 Å². The molecule has 140 valence electrons. The van der Waals surface area contributed by atoms with Crippen molar-refractivity contribution in [3.05, 3.63) is 48.2 Å². The molecule has 1 fully saturated rings. The minimum absolute atomic E-state index is 0.483. The van der Waals surface area contributed by atoms with E-state index in [-0.39, 0.29) is 0 Å². The number of benzene rings is 1. The van der Waals surface area contributed by atoms with E-state index in [4.69, 9.17) is 14.4 Å². The molecule has 1 aromatic carbocycles. The summed E-state index contributed by atoms with van der Waals surface area (Å²) in [6, 6.07) is 10.6. The SMILES string of the molecule is CC(C)/C=C/c1ccc2nc(-c3ccco3)nc(NC3CCCCC3)c2c1. The molecule has 0 atom stereocenters. The Balaban J connectivity index is 1.77. The third kappa shape index (κ3) is 4.21. The summed E-state index contributed by atoms with van der Waals surface area (Å²) in [4.78, 5) is 9.57. The molecule has 2 heterocycles. The van der Waals surface area contributed by atoms with Crippen LogP contribution in [0.2, 0.25) is 0 Å². The number of allylic oxidation sites excluding steroid dienone is 1. The van der Waals surface area contributed by atoms with Gasteiger partial charge in [0.2, 0.25) is 0 Å². The van der Waals surface area contributed by atoms with Crippen LogP contribution in [0.3, 0.4) is 0 Å². The maximum absolute atomic E-state index is 5.54. The average Bonchev–Trinajstić information content (AvgIpc) is 3.22. The zero-order valence-electron chi connectivity index (χ0n) is 16.1. The molecule has 4 heteroatoms. The van der Waals surface area contributed by atoms with Gasteiger partial charge in [-0.1, -0.05) is 51.3 Å². The highest BCUT2D eigenvalue weighted by Crippen LogP contribution is 2.29. The van der Waals surface area contributed by atoms with Gasteiger partial charge in [0.05, 0.1) is 11.8 Å². The van der Waals surface area contributed by atoms with E-state index in [1.807, 2.05) is 12.1 Å². The molecule has 1 aliphatic rings. The molecule has 4 rings (SSSR count). The van der Waals surface area contributed by atoms with Gasteiger partial charge < -0.3 is 9.73 Å². The summed E-state index contributed by atoms with van der Waals surface area (Å²) in [7, 11) is 0. The minimum atomic E-state index is 0.483. The highest BCUT2D eigenvalue weighted by Gasteiger charge is 2.17. The van der Waals surface area contributed by atoms with Crippen LogP contribution in [0, 0.1) is 5.92 Å². The Labute approximate surface area is 160 Å². The van der Waals surface area contributed by atoms with E-state index in [1.165, 1.54) is 37.7 Å². The zero-order valence-corrected chi connectivity index (χ0v) is 16.1. The summed E-state index contributed by atoms with van der Waals surface area (Å²) in [6.07, 6.45) is 12.4. The number of anilines is 1. The van der Waals surface area contributed by atoms with Gasteiger partial charge in [0.25, 0.3) is 0 Å². The normalized spacial score (nSPS) is 15.8. The first-order chi connectivity index (χ1) is 13.2. The number of hydrogen-bond donors (Lipinski definition) is 1. The van der Waals surface area contributed by atoms with E-state index in [0.717, 1.165) is 16.7 Å². The average molecular weight is 361 g/mol. The molecule has 1 N–H and O–H groups in total. The van der Waals surface area contributed by atoms with Crippen LogP contribution in [0.5, 0.6) is 0 Å². The first-order valence-electron chi connectivity index (χ1n) is 9.99. The van der Waals surface area contributed by atoms with Gasteiger partial charge in [0.15, 0.2) is 11.6 Å². The summed E-state index contributed by atoms with van der Waals surface area (Å²) < 4.78 is 5.54. The molecule has 0 aliphatic heterocycles. The topological polar surface area (TPSA) is 51.0 Å². The molecular weight excluding hydrogens is 334 g/mol. The number of nitrogens with zero attached hydrogens (tertiary/aromatic N) is 2. The predicted molar refractivity (Wildman–Crippen MR) is 112 cm³/mol. The maximum atomic E-state index is 5.54. The molecule has 0 saturated heterocycles. The molecule has 1 saturated carbocycles. The number of rotatable bonds is 5. The van der Waals surface area contributed by atoms with Crippen LogP contribution in [0.1, 0.15) is 51.5 Å². The second kappa shape index (κ2) is 7.95. The lowest BCUT2D eigenvalue weighted by Gasteiger charge is -2.24. The van der Waals surface area contributed by atoms with Gasteiger partial charge >= 0.3 is 0 Å². The Morgan fingerprint density at radius 3 is 2.70 bits per heavy atom. The van der Waals surface area contributed by atoms with Crippen LogP contribution >= 0.6 is 0 Å². The standard InChI is InChI=1S/C23H27N3O/c1-16(2)10-11-17-12-13-20-19(15-17)22(24-18-7-4-3-5-8-18)26-23(25-20)21-9-6-14-27-21/h6,9-16,18H,3-5,7-8H2,1-2H3,(H,24,25,26)/b11-10+. The van der Waals surface area contributed by atoms with E-state index in [9.17, 15) is 0 Å². The molecule has 0 bridgehead atoms. The monoisotopic (exact) mass is 361 g/mol. The molecule has 3 aromatic rings. The second-order valence-electron chi connectivity index (χ2n) is 7.73. The second-order valence-corrected chi connectivity index (χ2v) is 7.73. The summed E-state index contributed by atoms with van der Waals surface area (Å²) in [5.41, 5.74) is 2.12. The molecule has 0 radical (unpaired) electrons. The quantitative estimate of drug-likeness (QED) is 0.579. The lowest BCUT2D eigenvalue weighted by atomic mass is 9.95. The summed E-state index contributed by atoms with van der Waals surface area (Å²) in [5, 5.41) is 4.77. The lowest BCUT2D eigenvalue weighted by molar-refractivity contribution is 0.462. The Hall–Kier alpha value is -2.62. The summed E-state index contributed by atoms with van der Waals surface area (Å²) in [6.45, 7) is 4.37. The molecule has 4 nitrogen and oxygen atoms in total. The van der Waals surface area contributed by atoms with Crippen molar-refractivity contribution in [1.29, 1.82) is 0 Å². The molecule has 0 amide bonds. The molecule has 27 heavy (non-hydrogen) atoms. The van der Waals surface area contributed by atoms with E-state index < -0.39 is 0 Å². The molecule has 0 unspecified atom stereocenters. The van der Waals surface area contributed by atoms with Gasteiger partial charge in [0, 0.05) is 11.4 Å². The van der Waals surface area contributed by atoms with Crippen LogP contribution in [-0.4, -0.2) is 16.0 Å². The van der Waals surface area contributed by atoms with Crippen LogP contribution < -0.4 is 5.32 Å². The lowest BCUT2D eigenvalue weighted by Crippen LogP contribution is -2.23. The van der Waals surface area contributed by atoms with E-state index in [2.05, 4.69) is 49.5 Å². The number of nitrogens with one attached hydrogen (secondary N) is 1.